The summed E-state index contributed by atoms with van der Waals surface area (Å²) in [5.41, 5.74) is 0.893. The molecule has 6 nitrogen and oxygen atoms in total. The first kappa shape index (κ1) is 16.5. The molecule has 120 valence electrons. The summed E-state index contributed by atoms with van der Waals surface area (Å²) in [7, 11) is 0. The number of anilines is 1. The van der Waals surface area contributed by atoms with Crippen LogP contribution in [0.3, 0.4) is 0 Å². The van der Waals surface area contributed by atoms with Crippen molar-refractivity contribution < 1.29 is 9.72 Å². The molecular weight excluding hydrogens is 294 g/mol. The molecule has 0 aliphatic heterocycles. The zero-order valence-electron chi connectivity index (χ0n) is 13.1. The Morgan fingerprint density at radius 3 is 2.35 bits per heavy atom. The predicted octanol–water partition coefficient (Wildman–Crippen LogP) is 3.69. The van der Waals surface area contributed by atoms with Crippen molar-refractivity contribution >= 4 is 17.4 Å². The molecule has 0 radical (unpaired) electrons. The second-order valence-electron chi connectivity index (χ2n) is 5.83. The van der Waals surface area contributed by atoms with E-state index in [9.17, 15) is 14.9 Å². The summed E-state index contributed by atoms with van der Waals surface area (Å²) in [6, 6.07) is 15.4. The van der Waals surface area contributed by atoms with Crippen LogP contribution in [0.1, 0.15) is 19.4 Å². The van der Waals surface area contributed by atoms with Crippen LogP contribution in [0.2, 0.25) is 0 Å². The van der Waals surface area contributed by atoms with E-state index >= 15 is 0 Å². The van der Waals surface area contributed by atoms with Gasteiger partial charge in [-0.05, 0) is 11.6 Å². The van der Waals surface area contributed by atoms with Crippen LogP contribution in [0.4, 0.5) is 16.2 Å². The molecule has 0 aromatic heterocycles. The molecule has 0 unspecified atom stereocenters. The quantitative estimate of drug-likeness (QED) is 0.652. The maximum atomic E-state index is 12.0. The first-order valence-electron chi connectivity index (χ1n) is 7.24. The van der Waals surface area contributed by atoms with E-state index in [-0.39, 0.29) is 16.8 Å². The molecule has 0 aliphatic rings. The molecule has 2 amide bonds. The Morgan fingerprint density at radius 2 is 1.70 bits per heavy atom. The van der Waals surface area contributed by atoms with Gasteiger partial charge in [0, 0.05) is 18.0 Å². The molecule has 0 fully saturated rings. The van der Waals surface area contributed by atoms with E-state index in [4.69, 9.17) is 0 Å². The number of para-hydroxylation sites is 2. The Hall–Kier alpha value is -2.89. The molecular formula is C17H19N3O3. The van der Waals surface area contributed by atoms with Gasteiger partial charge in [0.25, 0.3) is 5.69 Å². The van der Waals surface area contributed by atoms with Gasteiger partial charge < -0.3 is 10.6 Å². The van der Waals surface area contributed by atoms with Crippen molar-refractivity contribution in [2.75, 3.05) is 11.9 Å². The number of rotatable bonds is 5. The van der Waals surface area contributed by atoms with Crippen molar-refractivity contribution in [3.8, 4) is 0 Å². The number of nitrogens with zero attached hydrogens (tertiary/aromatic N) is 1. The highest BCUT2D eigenvalue weighted by molar-refractivity contribution is 5.91. The molecule has 0 atom stereocenters. The fourth-order valence-corrected chi connectivity index (χ4v) is 2.20. The summed E-state index contributed by atoms with van der Waals surface area (Å²) in [6.07, 6.45) is 0. The van der Waals surface area contributed by atoms with Crippen molar-refractivity contribution in [3.63, 3.8) is 0 Å². The van der Waals surface area contributed by atoms with Crippen LogP contribution in [0, 0.1) is 10.1 Å². The number of amides is 2. The lowest BCUT2D eigenvalue weighted by Gasteiger charge is -2.25. The van der Waals surface area contributed by atoms with Gasteiger partial charge in [0.15, 0.2) is 0 Å². The van der Waals surface area contributed by atoms with Gasteiger partial charge in [-0.1, -0.05) is 56.3 Å². The average Bonchev–Trinajstić information content (AvgIpc) is 2.54. The molecule has 2 aromatic carbocycles. The van der Waals surface area contributed by atoms with Crippen LogP contribution in [0.5, 0.6) is 0 Å². The third kappa shape index (κ3) is 4.29. The number of nitro groups is 1. The average molecular weight is 313 g/mol. The summed E-state index contributed by atoms with van der Waals surface area (Å²) >= 11 is 0. The van der Waals surface area contributed by atoms with Crippen LogP contribution in [-0.2, 0) is 5.41 Å². The number of nitro benzene ring substituents is 1. The maximum absolute atomic E-state index is 12.0. The Morgan fingerprint density at radius 1 is 1.09 bits per heavy atom. The van der Waals surface area contributed by atoms with E-state index < -0.39 is 11.0 Å². The molecule has 0 bridgehead atoms. The molecule has 2 N–H and O–H groups in total. The Balaban J connectivity index is 2.00. The van der Waals surface area contributed by atoms with E-state index in [1.807, 2.05) is 44.2 Å². The molecule has 0 saturated carbocycles. The third-order valence-corrected chi connectivity index (χ3v) is 3.60. The first-order valence-corrected chi connectivity index (χ1v) is 7.24. The number of hydrogen-bond acceptors (Lipinski definition) is 3. The lowest BCUT2D eigenvalue weighted by molar-refractivity contribution is -0.383. The lowest BCUT2D eigenvalue weighted by Crippen LogP contribution is -2.39. The second kappa shape index (κ2) is 6.91. The fraction of sp³-hybridized carbons (Fsp3) is 0.235. The van der Waals surface area contributed by atoms with Crippen LogP contribution in [-0.4, -0.2) is 17.5 Å². The molecule has 23 heavy (non-hydrogen) atoms. The van der Waals surface area contributed by atoms with Gasteiger partial charge in [0.1, 0.15) is 5.69 Å². The number of benzene rings is 2. The van der Waals surface area contributed by atoms with Gasteiger partial charge in [0.05, 0.1) is 4.92 Å². The second-order valence-corrected chi connectivity index (χ2v) is 5.83. The lowest BCUT2D eigenvalue weighted by atomic mass is 9.85. The number of hydrogen-bond donors (Lipinski definition) is 2. The Labute approximate surface area is 134 Å². The zero-order chi connectivity index (χ0) is 16.9. The van der Waals surface area contributed by atoms with Crippen molar-refractivity contribution in [2.24, 2.45) is 0 Å². The molecule has 0 aliphatic carbocycles. The molecule has 2 aromatic rings. The van der Waals surface area contributed by atoms with Gasteiger partial charge in [-0.3, -0.25) is 10.1 Å². The summed E-state index contributed by atoms with van der Waals surface area (Å²) in [4.78, 5) is 22.4. The van der Waals surface area contributed by atoms with Crippen molar-refractivity contribution in [3.05, 3.63) is 70.3 Å². The van der Waals surface area contributed by atoms with Crippen molar-refractivity contribution in [1.29, 1.82) is 0 Å². The SMILES string of the molecule is CC(C)(CNC(=O)Nc1ccccc1[N+](=O)[O-])c1ccccc1. The van der Waals surface area contributed by atoms with E-state index in [1.54, 1.807) is 12.1 Å². The molecule has 6 heteroatoms. The molecule has 2 rings (SSSR count). The zero-order valence-corrected chi connectivity index (χ0v) is 13.1. The van der Waals surface area contributed by atoms with Gasteiger partial charge in [0.2, 0.25) is 0 Å². The number of carbonyl (C=O) groups is 1. The maximum Gasteiger partial charge on any atom is 0.319 e. The molecule has 0 saturated heterocycles. The third-order valence-electron chi connectivity index (χ3n) is 3.60. The predicted molar refractivity (Wildman–Crippen MR) is 89.6 cm³/mol. The van der Waals surface area contributed by atoms with Gasteiger partial charge >= 0.3 is 6.03 Å². The number of carbonyl (C=O) groups excluding carboxylic acids is 1. The summed E-state index contributed by atoms with van der Waals surface area (Å²) in [5, 5.41) is 16.2. The van der Waals surface area contributed by atoms with Crippen LogP contribution >= 0.6 is 0 Å². The van der Waals surface area contributed by atoms with E-state index in [0.29, 0.717) is 6.54 Å². The summed E-state index contributed by atoms with van der Waals surface area (Å²) in [6.45, 7) is 4.45. The smallest absolute Gasteiger partial charge is 0.319 e. The number of nitrogens with one attached hydrogen (secondary N) is 2. The van der Waals surface area contributed by atoms with Crippen molar-refractivity contribution in [1.82, 2.24) is 5.32 Å². The van der Waals surface area contributed by atoms with Crippen molar-refractivity contribution in [2.45, 2.75) is 19.3 Å². The fourth-order valence-electron chi connectivity index (χ4n) is 2.20. The molecule has 0 spiro atoms. The highest BCUT2D eigenvalue weighted by Crippen LogP contribution is 2.24. The monoisotopic (exact) mass is 313 g/mol. The number of urea groups is 1. The van der Waals surface area contributed by atoms with E-state index in [0.717, 1.165) is 5.56 Å². The van der Waals surface area contributed by atoms with Gasteiger partial charge in [-0.15, -0.1) is 0 Å². The summed E-state index contributed by atoms with van der Waals surface area (Å²) < 4.78 is 0. The highest BCUT2D eigenvalue weighted by atomic mass is 16.6. The standard InChI is InChI=1S/C17H19N3O3/c1-17(2,13-8-4-3-5-9-13)12-18-16(21)19-14-10-6-7-11-15(14)20(22)23/h3-11H,12H2,1-2H3,(H2,18,19,21). The van der Waals surface area contributed by atoms with Crippen LogP contribution in [0.25, 0.3) is 0 Å². The van der Waals surface area contributed by atoms with Gasteiger partial charge in [-0.2, -0.15) is 0 Å². The van der Waals surface area contributed by atoms with E-state index in [1.165, 1.54) is 12.1 Å². The molecule has 0 heterocycles. The Kier molecular flexibility index (Phi) is 4.95. The van der Waals surface area contributed by atoms with Crippen LogP contribution in [0.15, 0.2) is 54.6 Å². The summed E-state index contributed by atoms with van der Waals surface area (Å²) in [5.74, 6) is 0. The topological polar surface area (TPSA) is 84.3 Å². The van der Waals surface area contributed by atoms with E-state index in [2.05, 4.69) is 10.6 Å². The first-order chi connectivity index (χ1) is 10.9. The highest BCUT2D eigenvalue weighted by Gasteiger charge is 2.22. The minimum absolute atomic E-state index is 0.134. The normalized spacial score (nSPS) is 10.9. The largest absolute Gasteiger partial charge is 0.337 e. The minimum Gasteiger partial charge on any atom is -0.337 e. The van der Waals surface area contributed by atoms with Crippen LogP contribution < -0.4 is 10.6 Å². The minimum atomic E-state index is -0.524. The Bertz CT molecular complexity index is 699. The van der Waals surface area contributed by atoms with Gasteiger partial charge in [-0.25, -0.2) is 4.79 Å².